The molecule has 0 aliphatic carbocycles. The number of benzene rings is 3. The molecule has 0 radical (unpaired) electrons. The van der Waals surface area contributed by atoms with Crippen LogP contribution in [0.15, 0.2) is 60.7 Å². The van der Waals surface area contributed by atoms with Crippen LogP contribution in [-0.4, -0.2) is 14.2 Å². The zero-order valence-corrected chi connectivity index (χ0v) is 15.7. The van der Waals surface area contributed by atoms with E-state index in [1.165, 1.54) is 0 Å². The second-order valence-corrected chi connectivity index (χ2v) is 6.19. The summed E-state index contributed by atoms with van der Waals surface area (Å²) < 4.78 is 11.2. The molecule has 4 heteroatoms. The van der Waals surface area contributed by atoms with E-state index in [1.54, 1.807) is 13.2 Å². The van der Waals surface area contributed by atoms with Crippen LogP contribution < -0.4 is 14.8 Å². The summed E-state index contributed by atoms with van der Waals surface area (Å²) in [7, 11) is 3.53. The first kappa shape index (κ1) is 18.3. The second-order valence-electron chi connectivity index (χ2n) is 6.19. The van der Waals surface area contributed by atoms with Gasteiger partial charge >= 0.3 is 0 Å². The Labute approximate surface area is 160 Å². The molecular weight excluding hydrogens is 336 g/mol. The molecule has 0 bridgehead atoms. The van der Waals surface area contributed by atoms with Gasteiger partial charge in [-0.2, -0.15) is 5.26 Å². The zero-order chi connectivity index (χ0) is 19.2. The van der Waals surface area contributed by atoms with Gasteiger partial charge in [0.15, 0.2) is 0 Å². The highest BCUT2D eigenvalue weighted by atomic mass is 16.5. The monoisotopic (exact) mass is 358 g/mol. The maximum atomic E-state index is 9.58. The van der Waals surface area contributed by atoms with E-state index >= 15 is 0 Å². The lowest BCUT2D eigenvalue weighted by molar-refractivity contribution is 0.306. The molecule has 0 fully saturated rings. The summed E-state index contributed by atoms with van der Waals surface area (Å²) in [4.78, 5) is 0. The fourth-order valence-corrected chi connectivity index (χ4v) is 3.01. The smallest absolute Gasteiger partial charge is 0.121 e. The van der Waals surface area contributed by atoms with Gasteiger partial charge in [0.1, 0.15) is 18.1 Å². The average molecular weight is 358 g/mol. The minimum Gasteiger partial charge on any atom is -0.497 e. The molecule has 0 aromatic heterocycles. The Morgan fingerprint density at radius 3 is 2.41 bits per heavy atom. The van der Waals surface area contributed by atoms with Crippen molar-refractivity contribution >= 4 is 5.69 Å². The van der Waals surface area contributed by atoms with Gasteiger partial charge in [0.05, 0.1) is 18.7 Å². The number of anilines is 1. The van der Waals surface area contributed by atoms with Crippen LogP contribution in [0.2, 0.25) is 0 Å². The largest absolute Gasteiger partial charge is 0.497 e. The Kier molecular flexibility index (Phi) is 5.63. The van der Waals surface area contributed by atoms with Crippen molar-refractivity contribution in [1.82, 2.24) is 0 Å². The van der Waals surface area contributed by atoms with Crippen molar-refractivity contribution in [2.45, 2.75) is 13.5 Å². The molecule has 4 nitrogen and oxygen atoms in total. The van der Waals surface area contributed by atoms with Gasteiger partial charge in [0.25, 0.3) is 0 Å². The fraction of sp³-hybridized carbons (Fsp3) is 0.174. The van der Waals surface area contributed by atoms with Gasteiger partial charge in [0.2, 0.25) is 0 Å². The first-order valence-electron chi connectivity index (χ1n) is 8.74. The molecule has 0 saturated carbocycles. The maximum absolute atomic E-state index is 9.58. The van der Waals surface area contributed by atoms with Crippen LogP contribution in [0.25, 0.3) is 11.1 Å². The van der Waals surface area contributed by atoms with E-state index in [4.69, 9.17) is 9.47 Å². The number of nitriles is 1. The molecule has 1 N–H and O–H groups in total. The van der Waals surface area contributed by atoms with Crippen molar-refractivity contribution < 1.29 is 9.47 Å². The first-order chi connectivity index (χ1) is 13.2. The van der Waals surface area contributed by atoms with Crippen LogP contribution in [0.1, 0.15) is 16.7 Å². The third-order valence-corrected chi connectivity index (χ3v) is 4.58. The molecule has 0 unspecified atom stereocenters. The number of methoxy groups -OCH3 is 1. The van der Waals surface area contributed by atoms with Gasteiger partial charge < -0.3 is 14.8 Å². The van der Waals surface area contributed by atoms with E-state index in [0.717, 1.165) is 33.7 Å². The van der Waals surface area contributed by atoms with Crippen LogP contribution in [0.4, 0.5) is 5.69 Å². The number of rotatable bonds is 6. The second kappa shape index (κ2) is 8.29. The van der Waals surface area contributed by atoms with E-state index in [-0.39, 0.29) is 0 Å². The molecular formula is C23H22N2O2. The van der Waals surface area contributed by atoms with Gasteiger partial charge in [-0.3, -0.25) is 0 Å². The van der Waals surface area contributed by atoms with E-state index in [9.17, 15) is 5.26 Å². The van der Waals surface area contributed by atoms with E-state index in [2.05, 4.69) is 24.4 Å². The molecule has 3 rings (SSSR count). The molecule has 27 heavy (non-hydrogen) atoms. The lowest BCUT2D eigenvalue weighted by Crippen LogP contribution is -2.03. The molecule has 0 aliphatic heterocycles. The third-order valence-electron chi connectivity index (χ3n) is 4.58. The number of nitrogens with zero attached hydrogens (tertiary/aromatic N) is 1. The van der Waals surface area contributed by atoms with Crippen molar-refractivity contribution in [3.63, 3.8) is 0 Å². The van der Waals surface area contributed by atoms with Gasteiger partial charge in [-0.25, -0.2) is 0 Å². The first-order valence-corrected chi connectivity index (χ1v) is 8.74. The Hall–Kier alpha value is -3.45. The van der Waals surface area contributed by atoms with E-state index < -0.39 is 0 Å². The quantitative estimate of drug-likeness (QED) is 0.661. The molecule has 0 amide bonds. The van der Waals surface area contributed by atoms with Crippen LogP contribution in [0.3, 0.4) is 0 Å². The lowest BCUT2D eigenvalue weighted by atomic mass is 10.00. The summed E-state index contributed by atoms with van der Waals surface area (Å²) in [6.07, 6.45) is 0. The predicted octanol–water partition coefficient (Wildman–Crippen LogP) is 5.16. The molecule has 3 aromatic rings. The zero-order valence-electron chi connectivity index (χ0n) is 15.7. The van der Waals surface area contributed by atoms with E-state index in [0.29, 0.717) is 17.9 Å². The summed E-state index contributed by atoms with van der Waals surface area (Å²) in [6.45, 7) is 2.50. The van der Waals surface area contributed by atoms with Crippen molar-refractivity contribution in [1.29, 1.82) is 5.26 Å². The molecule has 0 heterocycles. The van der Waals surface area contributed by atoms with Crippen molar-refractivity contribution in [3.8, 4) is 28.7 Å². The normalized spacial score (nSPS) is 10.1. The van der Waals surface area contributed by atoms with E-state index in [1.807, 2.05) is 55.6 Å². The summed E-state index contributed by atoms with van der Waals surface area (Å²) in [5.41, 5.74) is 5.74. The average Bonchev–Trinajstić information content (AvgIpc) is 2.72. The number of aryl methyl sites for hydroxylation is 1. The van der Waals surface area contributed by atoms with Crippen molar-refractivity contribution in [2.75, 3.05) is 19.5 Å². The van der Waals surface area contributed by atoms with Crippen LogP contribution >= 0.6 is 0 Å². The molecule has 0 atom stereocenters. The number of ether oxygens (including phenoxy) is 2. The Balaban J connectivity index is 1.83. The highest BCUT2D eigenvalue weighted by Gasteiger charge is 2.09. The number of hydrogen-bond donors (Lipinski definition) is 1. The predicted molar refractivity (Wildman–Crippen MR) is 108 cm³/mol. The Bertz CT molecular complexity index is 973. The summed E-state index contributed by atoms with van der Waals surface area (Å²) in [6, 6.07) is 21.7. The number of nitrogens with one attached hydrogen (secondary N) is 1. The Morgan fingerprint density at radius 2 is 1.74 bits per heavy atom. The highest BCUT2D eigenvalue weighted by Crippen LogP contribution is 2.29. The lowest BCUT2D eigenvalue weighted by Gasteiger charge is -2.14. The third kappa shape index (κ3) is 4.04. The molecule has 0 aliphatic rings. The summed E-state index contributed by atoms with van der Waals surface area (Å²) >= 11 is 0. The molecule has 0 spiro atoms. The SMILES string of the molecule is CNc1cccc(C)c1COc1ccc(-c2ccc(OC)cc2)c(C#N)c1. The molecule has 0 saturated heterocycles. The molecule has 3 aromatic carbocycles. The summed E-state index contributed by atoms with van der Waals surface area (Å²) in [5.74, 6) is 1.46. The van der Waals surface area contributed by atoms with Gasteiger partial charge in [0, 0.05) is 18.3 Å². The van der Waals surface area contributed by atoms with Crippen molar-refractivity contribution in [2.24, 2.45) is 0 Å². The number of hydrogen-bond acceptors (Lipinski definition) is 4. The minimum atomic E-state index is 0.440. The Morgan fingerprint density at radius 1 is 1.00 bits per heavy atom. The van der Waals surface area contributed by atoms with Crippen LogP contribution in [0, 0.1) is 18.3 Å². The van der Waals surface area contributed by atoms with Crippen molar-refractivity contribution in [3.05, 3.63) is 77.4 Å². The maximum Gasteiger partial charge on any atom is 0.121 e. The van der Waals surface area contributed by atoms with Gasteiger partial charge in [-0.1, -0.05) is 24.3 Å². The van der Waals surface area contributed by atoms with Crippen LogP contribution in [-0.2, 0) is 6.61 Å². The standard InChI is InChI=1S/C23H22N2O2/c1-16-5-4-6-23(25-2)22(16)15-27-20-11-12-21(18(13-20)14-24)17-7-9-19(26-3)10-8-17/h4-13,25H,15H2,1-3H3. The summed E-state index contributed by atoms with van der Waals surface area (Å²) in [5, 5.41) is 12.8. The molecule has 136 valence electrons. The van der Waals surface area contributed by atoms with Crippen LogP contribution in [0.5, 0.6) is 11.5 Å². The van der Waals surface area contributed by atoms with Gasteiger partial charge in [-0.05, 0) is 60.0 Å². The topological polar surface area (TPSA) is 54.3 Å². The highest BCUT2D eigenvalue weighted by molar-refractivity contribution is 5.72. The van der Waals surface area contributed by atoms with Gasteiger partial charge in [-0.15, -0.1) is 0 Å². The fourth-order valence-electron chi connectivity index (χ4n) is 3.01. The minimum absolute atomic E-state index is 0.440.